The molecule has 0 radical (unpaired) electrons. The van der Waals surface area contributed by atoms with E-state index in [1.165, 1.54) is 0 Å². The average molecular weight is 226 g/mol. The van der Waals surface area contributed by atoms with Gasteiger partial charge in [-0.05, 0) is 24.6 Å². The lowest BCUT2D eigenvalue weighted by atomic mass is 10.0. The monoisotopic (exact) mass is 226 g/mol. The Labute approximate surface area is 99.0 Å². The largest absolute Gasteiger partial charge is 0.399 e. The Morgan fingerprint density at radius 1 is 1.35 bits per heavy atom. The molecule has 0 spiro atoms. The molecule has 4 nitrogen and oxygen atoms in total. The number of allylic oxidation sites excluding steroid dienone is 2. The van der Waals surface area contributed by atoms with Crippen molar-refractivity contribution >= 4 is 22.3 Å². The van der Waals surface area contributed by atoms with Crippen LogP contribution in [-0.4, -0.2) is 16.0 Å². The van der Waals surface area contributed by atoms with Crippen LogP contribution in [0.4, 0.5) is 5.69 Å². The zero-order chi connectivity index (χ0) is 11.8. The lowest BCUT2D eigenvalue weighted by molar-refractivity contribution is 0.827. The first-order valence-corrected chi connectivity index (χ1v) is 5.62. The lowest BCUT2D eigenvalue weighted by Gasteiger charge is -2.09. The van der Waals surface area contributed by atoms with Gasteiger partial charge in [0.05, 0.1) is 11.0 Å². The molecule has 0 amide bonds. The molecule has 1 aliphatic rings. The zero-order valence-corrected chi connectivity index (χ0v) is 9.35. The Morgan fingerprint density at radius 2 is 2.24 bits per heavy atom. The minimum Gasteiger partial charge on any atom is -0.399 e. The van der Waals surface area contributed by atoms with Gasteiger partial charge in [0.1, 0.15) is 5.82 Å². The van der Waals surface area contributed by atoms with Crippen LogP contribution in [0.3, 0.4) is 0 Å². The topological polar surface area (TPSA) is 80.7 Å². The molecule has 4 heteroatoms. The number of H-pyrrole nitrogens is 1. The molecule has 1 unspecified atom stereocenters. The molecule has 1 atom stereocenters. The van der Waals surface area contributed by atoms with Crippen molar-refractivity contribution in [3.8, 4) is 0 Å². The predicted molar refractivity (Wildman–Crippen MR) is 70.2 cm³/mol. The van der Waals surface area contributed by atoms with E-state index in [1.54, 1.807) is 0 Å². The smallest absolute Gasteiger partial charge is 0.138 e. The molecule has 3 rings (SSSR count). The van der Waals surface area contributed by atoms with Gasteiger partial charge in [-0.25, -0.2) is 4.98 Å². The van der Waals surface area contributed by atoms with Crippen molar-refractivity contribution in [1.82, 2.24) is 9.97 Å². The van der Waals surface area contributed by atoms with Gasteiger partial charge in [0, 0.05) is 17.3 Å². The summed E-state index contributed by atoms with van der Waals surface area (Å²) >= 11 is 0. The normalized spacial score (nSPS) is 19.6. The van der Waals surface area contributed by atoms with E-state index in [-0.39, 0.29) is 6.04 Å². The van der Waals surface area contributed by atoms with Gasteiger partial charge in [-0.3, -0.25) is 0 Å². The fourth-order valence-electron chi connectivity index (χ4n) is 1.98. The first kappa shape index (κ1) is 10.1. The second-order valence-electron chi connectivity index (χ2n) is 4.28. The number of aromatic amines is 1. The number of aromatic nitrogens is 2. The summed E-state index contributed by atoms with van der Waals surface area (Å²) in [5, 5.41) is 0. The molecule has 5 N–H and O–H groups in total. The fourth-order valence-corrected chi connectivity index (χ4v) is 1.98. The van der Waals surface area contributed by atoms with E-state index in [0.29, 0.717) is 0 Å². The van der Waals surface area contributed by atoms with E-state index >= 15 is 0 Å². The van der Waals surface area contributed by atoms with E-state index in [4.69, 9.17) is 11.5 Å². The molecule has 2 aromatic rings. The van der Waals surface area contributed by atoms with Crippen LogP contribution >= 0.6 is 0 Å². The van der Waals surface area contributed by atoms with E-state index in [1.807, 2.05) is 30.4 Å². The van der Waals surface area contributed by atoms with E-state index in [2.05, 4.69) is 16.0 Å². The van der Waals surface area contributed by atoms with Gasteiger partial charge >= 0.3 is 0 Å². The van der Waals surface area contributed by atoms with Crippen LogP contribution in [0.1, 0.15) is 12.2 Å². The van der Waals surface area contributed by atoms with Crippen molar-refractivity contribution in [3.05, 3.63) is 42.3 Å². The van der Waals surface area contributed by atoms with Crippen LogP contribution in [0.2, 0.25) is 0 Å². The molecule has 1 aliphatic carbocycles. The van der Waals surface area contributed by atoms with Gasteiger partial charge in [0.15, 0.2) is 0 Å². The number of imidazole rings is 1. The van der Waals surface area contributed by atoms with Gasteiger partial charge in [0.25, 0.3) is 0 Å². The summed E-state index contributed by atoms with van der Waals surface area (Å²) in [6.45, 7) is 0. The van der Waals surface area contributed by atoms with Crippen molar-refractivity contribution in [3.63, 3.8) is 0 Å². The molecular weight excluding hydrogens is 212 g/mol. The number of benzene rings is 1. The number of hydrogen-bond donors (Lipinski definition) is 3. The Morgan fingerprint density at radius 3 is 3.00 bits per heavy atom. The maximum atomic E-state index is 5.79. The van der Waals surface area contributed by atoms with Crippen LogP contribution in [0.5, 0.6) is 0 Å². The minimum absolute atomic E-state index is 0.124. The van der Waals surface area contributed by atoms with Crippen LogP contribution in [0, 0.1) is 0 Å². The molecule has 0 saturated heterocycles. The molecular formula is C13H14N4. The highest BCUT2D eigenvalue weighted by atomic mass is 14.9. The quantitative estimate of drug-likeness (QED) is 0.649. The number of hydrogen-bond acceptors (Lipinski definition) is 3. The highest BCUT2D eigenvalue weighted by molar-refractivity contribution is 5.83. The summed E-state index contributed by atoms with van der Waals surface area (Å²) in [5.41, 5.74) is 15.2. The SMILES string of the molecule is Nc1ccc2nc(C3=CCC(N)C=C3)[nH]c2c1. The van der Waals surface area contributed by atoms with E-state index in [0.717, 1.165) is 34.5 Å². The van der Waals surface area contributed by atoms with Gasteiger partial charge < -0.3 is 16.5 Å². The first-order valence-electron chi connectivity index (χ1n) is 5.62. The van der Waals surface area contributed by atoms with Crippen molar-refractivity contribution in [1.29, 1.82) is 0 Å². The molecule has 0 saturated carbocycles. The van der Waals surface area contributed by atoms with Crippen LogP contribution < -0.4 is 11.5 Å². The second-order valence-corrected chi connectivity index (χ2v) is 4.28. The molecule has 1 aromatic carbocycles. The number of fused-ring (bicyclic) bond motifs is 1. The zero-order valence-electron chi connectivity index (χ0n) is 9.35. The third kappa shape index (κ3) is 1.83. The standard InChI is InChI=1S/C13H14N4/c14-9-3-1-8(2-4-9)13-16-11-6-5-10(15)7-12(11)17-13/h1-3,5-7,9H,4,14-15H2,(H,16,17). The number of nitrogens with two attached hydrogens (primary N) is 2. The Bertz CT molecular complexity index is 621. The number of anilines is 1. The van der Waals surface area contributed by atoms with Crippen molar-refractivity contribution in [2.75, 3.05) is 5.73 Å². The number of nitrogens with zero attached hydrogens (tertiary/aromatic N) is 1. The molecule has 0 bridgehead atoms. The Kier molecular flexibility index (Phi) is 2.23. The van der Waals surface area contributed by atoms with E-state index < -0.39 is 0 Å². The number of nitrogens with one attached hydrogen (secondary N) is 1. The van der Waals surface area contributed by atoms with Gasteiger partial charge in [-0.15, -0.1) is 0 Å². The summed E-state index contributed by atoms with van der Waals surface area (Å²) in [6.07, 6.45) is 6.96. The fraction of sp³-hybridized carbons (Fsp3) is 0.154. The third-order valence-corrected chi connectivity index (χ3v) is 2.91. The summed E-state index contributed by atoms with van der Waals surface area (Å²) < 4.78 is 0. The molecule has 0 fully saturated rings. The maximum Gasteiger partial charge on any atom is 0.138 e. The van der Waals surface area contributed by atoms with Gasteiger partial charge in [-0.1, -0.05) is 18.2 Å². The van der Waals surface area contributed by atoms with Crippen molar-refractivity contribution < 1.29 is 0 Å². The van der Waals surface area contributed by atoms with E-state index in [9.17, 15) is 0 Å². The first-order chi connectivity index (χ1) is 8.22. The Balaban J connectivity index is 2.04. The summed E-state index contributed by atoms with van der Waals surface area (Å²) in [7, 11) is 0. The highest BCUT2D eigenvalue weighted by Crippen LogP contribution is 2.22. The maximum absolute atomic E-state index is 5.79. The van der Waals surface area contributed by atoms with Crippen LogP contribution in [-0.2, 0) is 0 Å². The summed E-state index contributed by atoms with van der Waals surface area (Å²) in [5.74, 6) is 0.869. The third-order valence-electron chi connectivity index (χ3n) is 2.91. The van der Waals surface area contributed by atoms with Gasteiger partial charge in [-0.2, -0.15) is 0 Å². The van der Waals surface area contributed by atoms with Crippen molar-refractivity contribution in [2.24, 2.45) is 5.73 Å². The van der Waals surface area contributed by atoms with Crippen molar-refractivity contribution in [2.45, 2.75) is 12.5 Å². The van der Waals surface area contributed by atoms with Gasteiger partial charge in [0.2, 0.25) is 0 Å². The number of rotatable bonds is 1. The number of nitrogen functional groups attached to an aromatic ring is 1. The molecule has 1 heterocycles. The second kappa shape index (κ2) is 3.75. The van der Waals surface area contributed by atoms with Crippen LogP contribution in [0.25, 0.3) is 16.6 Å². The van der Waals surface area contributed by atoms with Crippen LogP contribution in [0.15, 0.2) is 36.4 Å². The average Bonchev–Trinajstić information content (AvgIpc) is 2.72. The summed E-state index contributed by atoms with van der Waals surface area (Å²) in [4.78, 5) is 7.80. The molecule has 86 valence electrons. The highest BCUT2D eigenvalue weighted by Gasteiger charge is 2.09. The predicted octanol–water partition coefficient (Wildman–Crippen LogP) is 1.82. The molecule has 1 aromatic heterocycles. The lowest BCUT2D eigenvalue weighted by Crippen LogP contribution is -2.17. The minimum atomic E-state index is 0.124. The molecule has 0 aliphatic heterocycles. The molecule has 17 heavy (non-hydrogen) atoms. The Hall–Kier alpha value is -2.07. The summed E-state index contributed by atoms with van der Waals surface area (Å²) in [6, 6.07) is 5.79.